The Morgan fingerprint density at radius 2 is 2.21 bits per heavy atom. The monoisotopic (exact) mass is 258 g/mol. The first-order valence-corrected chi connectivity index (χ1v) is 7.24. The summed E-state index contributed by atoms with van der Waals surface area (Å²) < 4.78 is 2.08. The first-order chi connectivity index (χ1) is 9.11. The van der Waals surface area contributed by atoms with Crippen molar-refractivity contribution in [1.29, 1.82) is 0 Å². The molecule has 0 aliphatic heterocycles. The first kappa shape index (κ1) is 12.7. The van der Waals surface area contributed by atoms with E-state index >= 15 is 0 Å². The van der Waals surface area contributed by atoms with Gasteiger partial charge in [0, 0.05) is 11.9 Å². The fourth-order valence-corrected chi connectivity index (χ4v) is 3.42. The number of hydrogen-bond donors (Lipinski definition) is 1. The molecule has 0 saturated heterocycles. The zero-order chi connectivity index (χ0) is 13.5. The molecule has 0 bridgehead atoms. The van der Waals surface area contributed by atoms with Crippen LogP contribution in [0, 0.1) is 5.41 Å². The average molecular weight is 258 g/mol. The van der Waals surface area contributed by atoms with Gasteiger partial charge in [-0.15, -0.1) is 0 Å². The van der Waals surface area contributed by atoms with Crippen molar-refractivity contribution in [1.82, 2.24) is 9.78 Å². The van der Waals surface area contributed by atoms with Gasteiger partial charge in [-0.05, 0) is 44.1 Å². The van der Waals surface area contributed by atoms with Crippen LogP contribution >= 0.6 is 0 Å². The van der Waals surface area contributed by atoms with Crippen LogP contribution in [0.3, 0.4) is 0 Å². The molecule has 1 N–H and O–H groups in total. The van der Waals surface area contributed by atoms with E-state index in [9.17, 15) is 5.11 Å². The van der Waals surface area contributed by atoms with Crippen LogP contribution in [0.4, 0.5) is 0 Å². The molecule has 1 aliphatic rings. The van der Waals surface area contributed by atoms with Crippen molar-refractivity contribution in [2.45, 2.75) is 52.2 Å². The molecule has 1 aromatic carbocycles. The van der Waals surface area contributed by atoms with Crippen molar-refractivity contribution in [2.24, 2.45) is 5.41 Å². The summed E-state index contributed by atoms with van der Waals surface area (Å²) in [5, 5.41) is 15.8. The molecule has 19 heavy (non-hydrogen) atoms. The van der Waals surface area contributed by atoms with E-state index in [0.717, 1.165) is 32.2 Å². The molecule has 1 saturated carbocycles. The van der Waals surface area contributed by atoms with E-state index < -0.39 is 0 Å². The molecule has 1 aliphatic carbocycles. The number of aromatic nitrogens is 2. The van der Waals surface area contributed by atoms with E-state index in [-0.39, 0.29) is 11.5 Å². The molecule has 3 rings (SSSR count). The standard InChI is InChI=1S/C16H22N2O/c1-3-18-15-7-5-4-6-13(15)14(17-18)11-16(2)9-8-12(19)10-16/h4-7,12,19H,3,8-11H2,1-2H3. The highest BCUT2D eigenvalue weighted by Crippen LogP contribution is 2.41. The molecular weight excluding hydrogens is 236 g/mol. The molecular formula is C16H22N2O. The highest BCUT2D eigenvalue weighted by molar-refractivity contribution is 5.82. The lowest BCUT2D eigenvalue weighted by Gasteiger charge is -2.22. The number of nitrogens with zero attached hydrogens (tertiary/aromatic N) is 2. The Balaban J connectivity index is 1.97. The summed E-state index contributed by atoms with van der Waals surface area (Å²) in [5.41, 5.74) is 2.62. The van der Waals surface area contributed by atoms with Crippen LogP contribution in [0.15, 0.2) is 24.3 Å². The summed E-state index contributed by atoms with van der Waals surface area (Å²) in [6.45, 7) is 5.31. The number of aliphatic hydroxyl groups excluding tert-OH is 1. The maximum absolute atomic E-state index is 9.78. The molecule has 0 amide bonds. The Morgan fingerprint density at radius 1 is 1.42 bits per heavy atom. The Labute approximate surface area is 114 Å². The zero-order valence-corrected chi connectivity index (χ0v) is 11.8. The van der Waals surface area contributed by atoms with E-state index in [4.69, 9.17) is 5.10 Å². The van der Waals surface area contributed by atoms with E-state index in [1.807, 2.05) is 0 Å². The number of aryl methyl sites for hydroxylation is 1. The van der Waals surface area contributed by atoms with Crippen molar-refractivity contribution in [3.8, 4) is 0 Å². The molecule has 0 radical (unpaired) electrons. The van der Waals surface area contributed by atoms with E-state index in [0.29, 0.717) is 0 Å². The number of rotatable bonds is 3. The molecule has 1 fully saturated rings. The zero-order valence-electron chi connectivity index (χ0n) is 11.8. The first-order valence-electron chi connectivity index (χ1n) is 7.24. The molecule has 2 unspecified atom stereocenters. The molecule has 1 aromatic heterocycles. The van der Waals surface area contributed by atoms with Gasteiger partial charge in [-0.1, -0.05) is 25.1 Å². The van der Waals surface area contributed by atoms with Gasteiger partial charge in [0.1, 0.15) is 0 Å². The maximum Gasteiger partial charge on any atom is 0.0708 e. The van der Waals surface area contributed by atoms with Gasteiger partial charge in [0.05, 0.1) is 17.3 Å². The van der Waals surface area contributed by atoms with Gasteiger partial charge < -0.3 is 5.11 Å². The normalized spacial score (nSPS) is 27.2. The second kappa shape index (κ2) is 4.64. The van der Waals surface area contributed by atoms with Crippen molar-refractivity contribution >= 4 is 10.9 Å². The van der Waals surface area contributed by atoms with E-state index in [1.54, 1.807) is 0 Å². The fraction of sp³-hybridized carbons (Fsp3) is 0.562. The Morgan fingerprint density at radius 3 is 2.89 bits per heavy atom. The predicted molar refractivity (Wildman–Crippen MR) is 77.1 cm³/mol. The van der Waals surface area contributed by atoms with Gasteiger partial charge in [-0.2, -0.15) is 5.10 Å². The quantitative estimate of drug-likeness (QED) is 0.918. The molecule has 102 valence electrons. The van der Waals surface area contributed by atoms with Crippen molar-refractivity contribution in [2.75, 3.05) is 0 Å². The Kier molecular flexibility index (Phi) is 3.09. The maximum atomic E-state index is 9.78. The summed E-state index contributed by atoms with van der Waals surface area (Å²) in [6, 6.07) is 8.46. The van der Waals surface area contributed by atoms with Gasteiger partial charge in [-0.25, -0.2) is 0 Å². The van der Waals surface area contributed by atoms with Crippen LogP contribution in [0.5, 0.6) is 0 Å². The largest absolute Gasteiger partial charge is 0.393 e. The molecule has 3 heteroatoms. The Bertz CT molecular complexity index is 589. The van der Waals surface area contributed by atoms with Crippen LogP contribution in [-0.4, -0.2) is 21.0 Å². The average Bonchev–Trinajstić information content (AvgIpc) is 2.91. The Hall–Kier alpha value is -1.35. The molecule has 2 atom stereocenters. The second-order valence-electron chi connectivity index (χ2n) is 6.16. The highest BCUT2D eigenvalue weighted by Gasteiger charge is 2.35. The smallest absolute Gasteiger partial charge is 0.0708 e. The van der Waals surface area contributed by atoms with Crippen molar-refractivity contribution < 1.29 is 5.11 Å². The lowest BCUT2D eigenvalue weighted by Crippen LogP contribution is -2.17. The number of benzene rings is 1. The SMILES string of the molecule is CCn1nc(CC2(C)CCC(O)C2)c2ccccc21. The predicted octanol–water partition coefficient (Wildman–Crippen LogP) is 3.15. The van der Waals surface area contributed by atoms with Gasteiger partial charge in [-0.3, -0.25) is 4.68 Å². The van der Waals surface area contributed by atoms with Gasteiger partial charge in [0.2, 0.25) is 0 Å². The summed E-state index contributed by atoms with van der Waals surface area (Å²) in [4.78, 5) is 0. The van der Waals surface area contributed by atoms with Crippen molar-refractivity contribution in [3.05, 3.63) is 30.0 Å². The second-order valence-corrected chi connectivity index (χ2v) is 6.16. The summed E-state index contributed by atoms with van der Waals surface area (Å²) >= 11 is 0. The number of para-hydroxylation sites is 1. The number of hydrogen-bond acceptors (Lipinski definition) is 2. The molecule has 2 aromatic rings. The van der Waals surface area contributed by atoms with Gasteiger partial charge in [0.15, 0.2) is 0 Å². The summed E-state index contributed by atoms with van der Waals surface area (Å²) in [5.74, 6) is 0. The third-order valence-electron chi connectivity index (χ3n) is 4.44. The van der Waals surface area contributed by atoms with Crippen LogP contribution < -0.4 is 0 Å². The van der Waals surface area contributed by atoms with E-state index in [2.05, 4.69) is 42.8 Å². The molecule has 1 heterocycles. The van der Waals surface area contributed by atoms with Crippen LogP contribution in [0.25, 0.3) is 10.9 Å². The third kappa shape index (κ3) is 2.27. The van der Waals surface area contributed by atoms with Crippen molar-refractivity contribution in [3.63, 3.8) is 0 Å². The van der Waals surface area contributed by atoms with Gasteiger partial charge in [0.25, 0.3) is 0 Å². The topological polar surface area (TPSA) is 38.0 Å². The van der Waals surface area contributed by atoms with Crippen LogP contribution in [0.2, 0.25) is 0 Å². The minimum Gasteiger partial charge on any atom is -0.393 e. The molecule has 0 spiro atoms. The minimum absolute atomic E-state index is 0.121. The van der Waals surface area contributed by atoms with Crippen LogP contribution in [0.1, 0.15) is 38.8 Å². The summed E-state index contributed by atoms with van der Waals surface area (Å²) in [7, 11) is 0. The van der Waals surface area contributed by atoms with Crippen LogP contribution in [-0.2, 0) is 13.0 Å². The highest BCUT2D eigenvalue weighted by atomic mass is 16.3. The third-order valence-corrected chi connectivity index (χ3v) is 4.44. The minimum atomic E-state index is -0.121. The lowest BCUT2D eigenvalue weighted by molar-refractivity contribution is 0.163. The fourth-order valence-electron chi connectivity index (χ4n) is 3.42. The van der Waals surface area contributed by atoms with Gasteiger partial charge >= 0.3 is 0 Å². The molecule has 3 nitrogen and oxygen atoms in total. The lowest BCUT2D eigenvalue weighted by atomic mass is 9.83. The summed E-state index contributed by atoms with van der Waals surface area (Å²) in [6.07, 6.45) is 3.78. The number of fused-ring (bicyclic) bond motifs is 1. The number of aliphatic hydroxyl groups is 1. The van der Waals surface area contributed by atoms with E-state index in [1.165, 1.54) is 16.6 Å².